The van der Waals surface area contributed by atoms with Crippen molar-refractivity contribution in [2.45, 2.75) is 38.2 Å². The zero-order valence-corrected chi connectivity index (χ0v) is 12.4. The summed E-state index contributed by atoms with van der Waals surface area (Å²) in [5.41, 5.74) is 5.70. The van der Waals surface area contributed by atoms with Crippen LogP contribution in [0.4, 0.5) is 5.69 Å². The van der Waals surface area contributed by atoms with Gasteiger partial charge in [0.25, 0.3) is 5.91 Å². The van der Waals surface area contributed by atoms with Crippen molar-refractivity contribution in [2.75, 3.05) is 12.3 Å². The van der Waals surface area contributed by atoms with E-state index >= 15 is 0 Å². The van der Waals surface area contributed by atoms with Gasteiger partial charge in [-0.15, -0.1) is 0 Å². The molecule has 110 valence electrons. The number of carbonyl (C=O) groups is 1. The average Bonchev–Trinajstić information content (AvgIpc) is 2.39. The van der Waals surface area contributed by atoms with E-state index in [1.165, 1.54) is 0 Å². The second kappa shape index (κ2) is 6.02. The second-order valence-electron chi connectivity index (χ2n) is 5.84. The van der Waals surface area contributed by atoms with Crippen molar-refractivity contribution in [3.8, 4) is 0 Å². The second-order valence-corrected chi connectivity index (χ2v) is 6.28. The molecular weight excluding hydrogens is 276 g/mol. The number of nitrogen functional groups attached to an aromatic ring is 1. The molecule has 1 aromatic rings. The van der Waals surface area contributed by atoms with E-state index in [4.69, 9.17) is 17.3 Å². The monoisotopic (exact) mass is 296 g/mol. The van der Waals surface area contributed by atoms with Gasteiger partial charge >= 0.3 is 0 Å². The molecule has 1 aliphatic rings. The highest BCUT2D eigenvalue weighted by Crippen LogP contribution is 2.31. The highest BCUT2D eigenvalue weighted by Gasteiger charge is 2.33. The fourth-order valence-electron chi connectivity index (χ4n) is 2.86. The van der Waals surface area contributed by atoms with Crippen molar-refractivity contribution < 1.29 is 9.90 Å². The van der Waals surface area contributed by atoms with Crippen LogP contribution >= 0.6 is 11.6 Å². The van der Waals surface area contributed by atoms with Gasteiger partial charge in [0.15, 0.2) is 0 Å². The van der Waals surface area contributed by atoms with Crippen LogP contribution < -0.4 is 11.1 Å². The van der Waals surface area contributed by atoms with Gasteiger partial charge in [-0.1, -0.05) is 31.4 Å². The summed E-state index contributed by atoms with van der Waals surface area (Å²) in [7, 11) is 0. The van der Waals surface area contributed by atoms with Crippen LogP contribution in [-0.2, 0) is 0 Å². The molecule has 0 aliphatic heterocycles. The maximum absolute atomic E-state index is 12.1. The van der Waals surface area contributed by atoms with Crippen molar-refractivity contribution in [1.82, 2.24) is 5.32 Å². The SMILES string of the molecule is CC1CCCC(O)(CNC(=O)c2cc(Cl)ccc2N)C1. The topological polar surface area (TPSA) is 75.3 Å². The predicted molar refractivity (Wildman–Crippen MR) is 80.8 cm³/mol. The van der Waals surface area contributed by atoms with Gasteiger partial charge < -0.3 is 16.2 Å². The van der Waals surface area contributed by atoms with Crippen molar-refractivity contribution >= 4 is 23.2 Å². The number of halogens is 1. The fourth-order valence-corrected chi connectivity index (χ4v) is 3.03. The number of hydrogen-bond acceptors (Lipinski definition) is 3. The van der Waals surface area contributed by atoms with Gasteiger partial charge in [0, 0.05) is 17.3 Å². The summed E-state index contributed by atoms with van der Waals surface area (Å²) in [5.74, 6) is 0.193. The molecule has 0 heterocycles. The van der Waals surface area contributed by atoms with Crippen molar-refractivity contribution in [1.29, 1.82) is 0 Å². The molecule has 4 N–H and O–H groups in total. The number of carbonyl (C=O) groups excluding carboxylic acids is 1. The Kier molecular flexibility index (Phi) is 4.55. The van der Waals surface area contributed by atoms with Gasteiger partial charge in [0.05, 0.1) is 11.2 Å². The lowest BCUT2D eigenvalue weighted by Crippen LogP contribution is -2.45. The van der Waals surface area contributed by atoms with E-state index in [-0.39, 0.29) is 12.5 Å². The lowest BCUT2D eigenvalue weighted by atomic mass is 9.79. The van der Waals surface area contributed by atoms with E-state index in [9.17, 15) is 9.90 Å². The van der Waals surface area contributed by atoms with Crippen molar-refractivity contribution in [2.24, 2.45) is 5.92 Å². The van der Waals surface area contributed by atoms with E-state index in [1.807, 2.05) is 0 Å². The molecule has 2 rings (SSSR count). The zero-order chi connectivity index (χ0) is 14.8. The molecule has 0 aromatic heterocycles. The fraction of sp³-hybridized carbons (Fsp3) is 0.533. The number of benzene rings is 1. The third-order valence-electron chi connectivity index (χ3n) is 3.91. The number of hydrogen-bond donors (Lipinski definition) is 3. The van der Waals surface area contributed by atoms with Crippen LogP contribution in [0.1, 0.15) is 43.0 Å². The van der Waals surface area contributed by atoms with E-state index in [2.05, 4.69) is 12.2 Å². The number of rotatable bonds is 3. The summed E-state index contributed by atoms with van der Waals surface area (Å²) in [4.78, 5) is 12.1. The smallest absolute Gasteiger partial charge is 0.253 e. The molecule has 2 unspecified atom stereocenters. The van der Waals surface area contributed by atoms with E-state index < -0.39 is 5.60 Å². The third kappa shape index (κ3) is 3.64. The molecule has 0 saturated heterocycles. The lowest BCUT2D eigenvalue weighted by Gasteiger charge is -2.35. The Morgan fingerprint density at radius 1 is 1.60 bits per heavy atom. The molecule has 1 saturated carbocycles. The van der Waals surface area contributed by atoms with Crippen molar-refractivity contribution in [3.05, 3.63) is 28.8 Å². The molecule has 0 spiro atoms. The average molecular weight is 297 g/mol. The maximum Gasteiger partial charge on any atom is 0.253 e. The molecule has 4 nitrogen and oxygen atoms in total. The van der Waals surface area contributed by atoms with E-state index in [0.717, 1.165) is 25.7 Å². The molecule has 5 heteroatoms. The van der Waals surface area contributed by atoms with Crippen LogP contribution in [0.5, 0.6) is 0 Å². The first-order chi connectivity index (χ1) is 9.39. The van der Waals surface area contributed by atoms with Crippen LogP contribution in [0.2, 0.25) is 5.02 Å². The van der Waals surface area contributed by atoms with Crippen molar-refractivity contribution in [3.63, 3.8) is 0 Å². The summed E-state index contributed by atoms with van der Waals surface area (Å²) in [6.07, 6.45) is 3.57. The van der Waals surface area contributed by atoms with Crippen LogP contribution in [0.3, 0.4) is 0 Å². The van der Waals surface area contributed by atoms with Crippen LogP contribution in [0, 0.1) is 5.92 Å². The summed E-state index contributed by atoms with van der Waals surface area (Å²) in [5, 5.41) is 13.7. The Labute approximate surface area is 124 Å². The van der Waals surface area contributed by atoms with Gasteiger partial charge in [-0.2, -0.15) is 0 Å². The van der Waals surface area contributed by atoms with Gasteiger partial charge in [0.1, 0.15) is 0 Å². The van der Waals surface area contributed by atoms with Gasteiger partial charge in [-0.3, -0.25) is 4.79 Å². The van der Waals surface area contributed by atoms with E-state index in [0.29, 0.717) is 22.2 Å². The van der Waals surface area contributed by atoms with Crippen LogP contribution in [0.25, 0.3) is 0 Å². The minimum Gasteiger partial charge on any atom is -0.398 e. The molecule has 2 atom stereocenters. The summed E-state index contributed by atoms with van der Waals surface area (Å²) in [6.45, 7) is 2.38. The van der Waals surface area contributed by atoms with Crippen LogP contribution in [0.15, 0.2) is 18.2 Å². The number of aliphatic hydroxyl groups is 1. The summed E-state index contributed by atoms with van der Waals surface area (Å²) < 4.78 is 0. The Morgan fingerprint density at radius 3 is 3.05 bits per heavy atom. The largest absolute Gasteiger partial charge is 0.398 e. The number of nitrogens with one attached hydrogen (secondary N) is 1. The zero-order valence-electron chi connectivity index (χ0n) is 11.7. The molecule has 1 amide bonds. The summed E-state index contributed by atoms with van der Waals surface area (Å²) in [6, 6.07) is 4.79. The molecule has 0 radical (unpaired) electrons. The standard InChI is InChI=1S/C15H21ClN2O2/c1-10-3-2-6-15(20,8-10)9-18-14(19)12-7-11(16)4-5-13(12)17/h4-5,7,10,20H,2-3,6,8-9,17H2,1H3,(H,18,19). The Balaban J connectivity index is 1.99. The highest BCUT2D eigenvalue weighted by molar-refractivity contribution is 6.31. The molecular formula is C15H21ClN2O2. The lowest BCUT2D eigenvalue weighted by molar-refractivity contribution is -0.0109. The number of amides is 1. The minimum absolute atomic E-state index is 0.252. The minimum atomic E-state index is -0.805. The molecule has 1 fully saturated rings. The highest BCUT2D eigenvalue weighted by atomic mass is 35.5. The predicted octanol–water partition coefficient (Wildman–Crippen LogP) is 2.59. The van der Waals surface area contributed by atoms with E-state index in [1.54, 1.807) is 18.2 Å². The first-order valence-electron chi connectivity index (χ1n) is 6.95. The Bertz CT molecular complexity index is 507. The molecule has 0 bridgehead atoms. The van der Waals surface area contributed by atoms with Gasteiger partial charge in [-0.25, -0.2) is 0 Å². The molecule has 20 heavy (non-hydrogen) atoms. The van der Waals surface area contributed by atoms with Gasteiger partial charge in [0.2, 0.25) is 0 Å². The molecule has 1 aliphatic carbocycles. The number of anilines is 1. The Morgan fingerprint density at radius 2 is 2.35 bits per heavy atom. The molecule has 1 aromatic carbocycles. The first-order valence-corrected chi connectivity index (χ1v) is 7.33. The normalized spacial score (nSPS) is 26.2. The first kappa shape index (κ1) is 15.1. The van der Waals surface area contributed by atoms with Gasteiger partial charge in [-0.05, 0) is 37.0 Å². The Hall–Kier alpha value is -1.26. The third-order valence-corrected chi connectivity index (χ3v) is 4.14. The summed E-state index contributed by atoms with van der Waals surface area (Å²) >= 11 is 5.87. The van der Waals surface area contributed by atoms with Crippen LogP contribution in [-0.4, -0.2) is 23.2 Å². The quantitative estimate of drug-likeness (QED) is 0.751. The maximum atomic E-state index is 12.1. The number of nitrogens with two attached hydrogens (primary N) is 1.